The predicted molar refractivity (Wildman–Crippen MR) is 129 cm³/mol. The van der Waals surface area contributed by atoms with Crippen LogP contribution in [-0.2, 0) is 6.61 Å². The van der Waals surface area contributed by atoms with Crippen molar-refractivity contribution in [2.45, 2.75) is 27.4 Å². The van der Waals surface area contributed by atoms with E-state index in [1.807, 2.05) is 55.6 Å². The second-order valence-electron chi connectivity index (χ2n) is 6.66. The average molecular weight is 520 g/mol. The van der Waals surface area contributed by atoms with Crippen LogP contribution in [-0.4, -0.2) is 12.8 Å². The van der Waals surface area contributed by atoms with Crippen LogP contribution in [0.2, 0.25) is 5.02 Å². The van der Waals surface area contributed by atoms with Gasteiger partial charge in [-0.2, -0.15) is 0 Å². The highest BCUT2D eigenvalue weighted by atomic mass is 127. The first kappa shape index (κ1) is 21.7. The van der Waals surface area contributed by atoms with Crippen LogP contribution in [0.4, 0.5) is 5.69 Å². The summed E-state index contributed by atoms with van der Waals surface area (Å²) in [5, 5.41) is 0.714. The molecule has 0 amide bonds. The second-order valence-corrected chi connectivity index (χ2v) is 8.25. The summed E-state index contributed by atoms with van der Waals surface area (Å²) in [5.74, 6) is 1.46. The molecular formula is C24H23ClINO2. The largest absolute Gasteiger partial charge is 0.490 e. The summed E-state index contributed by atoms with van der Waals surface area (Å²) in [6.07, 6.45) is 1.87. The quantitative estimate of drug-likeness (QED) is 0.242. The molecule has 0 radical (unpaired) electrons. The summed E-state index contributed by atoms with van der Waals surface area (Å²) in [4.78, 5) is 4.67. The first-order valence-electron chi connectivity index (χ1n) is 9.41. The van der Waals surface area contributed by atoms with Crippen LogP contribution in [0.25, 0.3) is 0 Å². The van der Waals surface area contributed by atoms with Crippen molar-refractivity contribution in [1.29, 1.82) is 0 Å². The van der Waals surface area contributed by atoms with Gasteiger partial charge < -0.3 is 9.47 Å². The molecule has 0 aromatic heterocycles. The fraction of sp³-hybridized carbons (Fsp3) is 0.208. The molecule has 0 saturated carbocycles. The monoisotopic (exact) mass is 519 g/mol. The van der Waals surface area contributed by atoms with E-state index < -0.39 is 0 Å². The molecule has 3 aromatic rings. The van der Waals surface area contributed by atoms with Gasteiger partial charge in [0.25, 0.3) is 0 Å². The van der Waals surface area contributed by atoms with Crippen molar-refractivity contribution in [3.05, 3.63) is 85.4 Å². The van der Waals surface area contributed by atoms with E-state index in [0.29, 0.717) is 18.2 Å². The van der Waals surface area contributed by atoms with E-state index in [1.54, 1.807) is 0 Å². The molecule has 0 atom stereocenters. The Kier molecular flexibility index (Phi) is 7.56. The molecule has 0 N–H and O–H groups in total. The van der Waals surface area contributed by atoms with Gasteiger partial charge in [0, 0.05) is 11.2 Å². The van der Waals surface area contributed by atoms with Crippen molar-refractivity contribution in [2.75, 3.05) is 6.61 Å². The lowest BCUT2D eigenvalue weighted by Gasteiger charge is -2.15. The predicted octanol–water partition coefficient (Wildman–Crippen LogP) is 7.29. The van der Waals surface area contributed by atoms with Crippen molar-refractivity contribution in [1.82, 2.24) is 0 Å². The Hall–Kier alpha value is -2.05. The summed E-state index contributed by atoms with van der Waals surface area (Å²) in [7, 11) is 0. The van der Waals surface area contributed by atoms with Gasteiger partial charge in [-0.15, -0.1) is 0 Å². The topological polar surface area (TPSA) is 30.8 Å². The van der Waals surface area contributed by atoms with Crippen molar-refractivity contribution >= 4 is 46.1 Å². The average Bonchev–Trinajstić information content (AvgIpc) is 2.70. The number of hydrogen-bond acceptors (Lipinski definition) is 3. The summed E-state index contributed by atoms with van der Waals surface area (Å²) >= 11 is 8.23. The maximum atomic E-state index is 6.08. The molecule has 0 saturated heterocycles. The number of benzene rings is 3. The van der Waals surface area contributed by atoms with Crippen molar-refractivity contribution in [2.24, 2.45) is 4.99 Å². The van der Waals surface area contributed by atoms with Gasteiger partial charge in [0.05, 0.1) is 15.9 Å². The molecule has 0 unspecified atom stereocenters. The molecule has 3 rings (SSSR count). The third kappa shape index (κ3) is 5.73. The SMILES string of the molecule is CCOc1cc(C=Nc2cccc(C)c2C)cc(I)c1OCc1ccc(Cl)cc1. The molecule has 0 bridgehead atoms. The van der Waals surface area contributed by atoms with Crippen molar-refractivity contribution < 1.29 is 9.47 Å². The fourth-order valence-corrected chi connectivity index (χ4v) is 3.73. The Bertz CT molecular complexity index is 1020. The molecule has 0 fully saturated rings. The van der Waals surface area contributed by atoms with Crippen LogP contribution in [0.3, 0.4) is 0 Å². The van der Waals surface area contributed by atoms with Crippen molar-refractivity contribution in [3.63, 3.8) is 0 Å². The van der Waals surface area contributed by atoms with E-state index in [-0.39, 0.29) is 0 Å². The number of aliphatic imine (C=N–C) groups is 1. The van der Waals surface area contributed by atoms with E-state index >= 15 is 0 Å². The first-order valence-corrected chi connectivity index (χ1v) is 10.9. The molecule has 0 aliphatic carbocycles. The molecule has 0 aliphatic rings. The van der Waals surface area contributed by atoms with E-state index in [2.05, 4.69) is 53.6 Å². The van der Waals surface area contributed by atoms with Gasteiger partial charge in [-0.05, 0) is 95.9 Å². The van der Waals surface area contributed by atoms with Crippen LogP contribution in [0, 0.1) is 17.4 Å². The summed E-state index contributed by atoms with van der Waals surface area (Å²) in [5.41, 5.74) is 5.41. The zero-order valence-corrected chi connectivity index (χ0v) is 19.6. The van der Waals surface area contributed by atoms with E-state index in [4.69, 9.17) is 21.1 Å². The van der Waals surface area contributed by atoms with Gasteiger partial charge in [-0.25, -0.2) is 0 Å². The van der Waals surface area contributed by atoms with Crippen LogP contribution in [0.5, 0.6) is 11.5 Å². The zero-order chi connectivity index (χ0) is 20.8. The lowest BCUT2D eigenvalue weighted by molar-refractivity contribution is 0.267. The highest BCUT2D eigenvalue weighted by Crippen LogP contribution is 2.35. The number of rotatable bonds is 7. The van der Waals surface area contributed by atoms with Gasteiger partial charge in [0.1, 0.15) is 6.61 Å². The van der Waals surface area contributed by atoms with E-state index in [0.717, 1.165) is 31.9 Å². The van der Waals surface area contributed by atoms with Crippen LogP contribution < -0.4 is 9.47 Å². The minimum atomic E-state index is 0.448. The number of hydrogen-bond donors (Lipinski definition) is 0. The van der Waals surface area contributed by atoms with E-state index in [1.165, 1.54) is 11.1 Å². The molecule has 0 spiro atoms. The molecule has 150 valence electrons. The Morgan fingerprint density at radius 2 is 1.79 bits per heavy atom. The number of aryl methyl sites for hydroxylation is 1. The highest BCUT2D eigenvalue weighted by molar-refractivity contribution is 14.1. The maximum absolute atomic E-state index is 6.08. The maximum Gasteiger partial charge on any atom is 0.175 e. The minimum absolute atomic E-state index is 0.448. The number of nitrogens with zero attached hydrogens (tertiary/aromatic N) is 1. The summed E-state index contributed by atoms with van der Waals surface area (Å²) in [6, 6.07) is 17.8. The molecule has 3 nitrogen and oxygen atoms in total. The Balaban J connectivity index is 1.84. The molecule has 29 heavy (non-hydrogen) atoms. The Morgan fingerprint density at radius 1 is 1.03 bits per heavy atom. The normalized spacial score (nSPS) is 11.1. The summed E-state index contributed by atoms with van der Waals surface area (Å²) in [6.45, 7) is 7.16. The third-order valence-electron chi connectivity index (χ3n) is 4.56. The van der Waals surface area contributed by atoms with Gasteiger partial charge >= 0.3 is 0 Å². The number of ether oxygens (including phenoxy) is 2. The van der Waals surface area contributed by atoms with Gasteiger partial charge in [-0.3, -0.25) is 4.99 Å². The van der Waals surface area contributed by atoms with E-state index in [9.17, 15) is 0 Å². The lowest BCUT2D eigenvalue weighted by atomic mass is 10.1. The van der Waals surface area contributed by atoms with Crippen LogP contribution >= 0.6 is 34.2 Å². The zero-order valence-electron chi connectivity index (χ0n) is 16.7. The molecule has 5 heteroatoms. The molecule has 0 heterocycles. The number of halogens is 2. The molecule has 0 aliphatic heterocycles. The van der Waals surface area contributed by atoms with Crippen LogP contribution in [0.1, 0.15) is 29.2 Å². The molecule has 3 aromatic carbocycles. The second kappa shape index (κ2) is 10.1. The van der Waals surface area contributed by atoms with Gasteiger partial charge in [-0.1, -0.05) is 35.9 Å². The van der Waals surface area contributed by atoms with Gasteiger partial charge in [0.15, 0.2) is 11.5 Å². The minimum Gasteiger partial charge on any atom is -0.490 e. The highest BCUT2D eigenvalue weighted by Gasteiger charge is 2.12. The first-order chi connectivity index (χ1) is 14.0. The smallest absolute Gasteiger partial charge is 0.175 e. The van der Waals surface area contributed by atoms with Gasteiger partial charge in [0.2, 0.25) is 0 Å². The van der Waals surface area contributed by atoms with Crippen molar-refractivity contribution in [3.8, 4) is 11.5 Å². The van der Waals surface area contributed by atoms with Crippen LogP contribution in [0.15, 0.2) is 59.6 Å². The lowest BCUT2D eigenvalue weighted by Crippen LogP contribution is -2.02. The summed E-state index contributed by atoms with van der Waals surface area (Å²) < 4.78 is 12.9. The Labute approximate surface area is 190 Å². The standard InChI is InChI=1S/C24H23ClINO2/c1-4-28-23-13-19(14-27-22-7-5-6-16(2)17(22)3)12-21(26)24(23)29-15-18-8-10-20(25)11-9-18/h5-14H,4,15H2,1-3H3. The Morgan fingerprint density at radius 3 is 2.52 bits per heavy atom. The third-order valence-corrected chi connectivity index (χ3v) is 5.61. The fourth-order valence-electron chi connectivity index (χ4n) is 2.82. The molecular weight excluding hydrogens is 497 g/mol.